The van der Waals surface area contributed by atoms with E-state index < -0.39 is 0 Å². The summed E-state index contributed by atoms with van der Waals surface area (Å²) in [5.41, 5.74) is 1.90. The summed E-state index contributed by atoms with van der Waals surface area (Å²) in [4.78, 5) is 29.0. The van der Waals surface area contributed by atoms with Gasteiger partial charge in [0.25, 0.3) is 0 Å². The van der Waals surface area contributed by atoms with Crippen LogP contribution in [0.3, 0.4) is 0 Å². The minimum absolute atomic E-state index is 0.0849. The van der Waals surface area contributed by atoms with Crippen molar-refractivity contribution in [3.8, 4) is 0 Å². The molecule has 0 unspecified atom stereocenters. The monoisotopic (exact) mass is 397 g/mol. The van der Waals surface area contributed by atoms with E-state index in [1.54, 1.807) is 6.92 Å². The maximum absolute atomic E-state index is 12.9. The Labute approximate surface area is 174 Å². The molecule has 5 nitrogen and oxygen atoms in total. The number of carbonyl (C=O) groups excluding carboxylic acids is 2. The number of amides is 1. The van der Waals surface area contributed by atoms with Crippen molar-refractivity contribution >= 4 is 17.4 Å². The van der Waals surface area contributed by atoms with Crippen molar-refractivity contribution in [3.05, 3.63) is 29.8 Å². The van der Waals surface area contributed by atoms with Crippen LogP contribution in [0, 0.1) is 17.8 Å². The van der Waals surface area contributed by atoms with Gasteiger partial charge in [-0.1, -0.05) is 6.42 Å². The highest BCUT2D eigenvalue weighted by atomic mass is 16.2. The van der Waals surface area contributed by atoms with Crippen LogP contribution in [0.4, 0.5) is 5.69 Å². The molecular weight excluding hydrogens is 362 g/mol. The third kappa shape index (κ3) is 4.35. The highest BCUT2D eigenvalue weighted by molar-refractivity contribution is 5.94. The lowest BCUT2D eigenvalue weighted by Crippen LogP contribution is -2.55. The predicted molar refractivity (Wildman–Crippen MR) is 116 cm³/mol. The fourth-order valence-corrected chi connectivity index (χ4v) is 5.80. The molecule has 4 rings (SSSR count). The Bertz CT molecular complexity index is 739. The maximum atomic E-state index is 12.9. The number of benzene rings is 1. The normalized spacial score (nSPS) is 28.9. The van der Waals surface area contributed by atoms with Gasteiger partial charge in [0.1, 0.15) is 0 Å². The van der Waals surface area contributed by atoms with Crippen LogP contribution in [0.5, 0.6) is 0 Å². The summed E-state index contributed by atoms with van der Waals surface area (Å²) >= 11 is 0. The molecule has 1 aromatic carbocycles. The van der Waals surface area contributed by atoms with Crippen molar-refractivity contribution in [1.82, 2.24) is 10.2 Å². The molecule has 3 aliphatic rings. The molecule has 5 atom stereocenters. The zero-order valence-corrected chi connectivity index (χ0v) is 18.1. The van der Waals surface area contributed by atoms with E-state index in [0.29, 0.717) is 12.0 Å². The van der Waals surface area contributed by atoms with Crippen molar-refractivity contribution in [2.75, 3.05) is 31.1 Å². The molecule has 0 aromatic heterocycles. The average molecular weight is 398 g/mol. The van der Waals surface area contributed by atoms with Crippen molar-refractivity contribution in [2.24, 2.45) is 17.8 Å². The molecule has 2 bridgehead atoms. The van der Waals surface area contributed by atoms with E-state index in [1.165, 1.54) is 25.7 Å². The minimum Gasteiger partial charge on any atom is -0.369 e. The first-order valence-electron chi connectivity index (χ1n) is 11.3. The Morgan fingerprint density at radius 2 is 1.69 bits per heavy atom. The molecule has 29 heavy (non-hydrogen) atoms. The highest BCUT2D eigenvalue weighted by Crippen LogP contribution is 2.49. The van der Waals surface area contributed by atoms with Gasteiger partial charge in [0.2, 0.25) is 5.91 Å². The van der Waals surface area contributed by atoms with Gasteiger partial charge in [-0.2, -0.15) is 0 Å². The summed E-state index contributed by atoms with van der Waals surface area (Å²) in [6.45, 7) is 9.41. The molecule has 158 valence electrons. The topological polar surface area (TPSA) is 52.7 Å². The van der Waals surface area contributed by atoms with Crippen LogP contribution in [0.1, 0.15) is 56.8 Å². The fourth-order valence-electron chi connectivity index (χ4n) is 5.80. The smallest absolute Gasteiger partial charge is 0.237 e. The molecule has 1 heterocycles. The van der Waals surface area contributed by atoms with Crippen molar-refractivity contribution in [1.29, 1.82) is 0 Å². The summed E-state index contributed by atoms with van der Waals surface area (Å²) in [7, 11) is 0. The Balaban J connectivity index is 1.26. The Morgan fingerprint density at radius 3 is 2.24 bits per heavy atom. The minimum atomic E-state index is -0.0849. The molecule has 1 aliphatic heterocycles. The SMILES string of the molecule is CC(=O)c1ccc(N2CCN([C@H](C)C(=O)N[C@H](C)[C@@H]3C[C@H]4CC[C@H]3C4)CC2)cc1. The van der Waals surface area contributed by atoms with Crippen molar-refractivity contribution in [3.63, 3.8) is 0 Å². The molecule has 1 amide bonds. The molecule has 2 saturated carbocycles. The van der Waals surface area contributed by atoms with Crippen LogP contribution >= 0.6 is 0 Å². The molecule has 5 heteroatoms. The quantitative estimate of drug-likeness (QED) is 0.748. The predicted octanol–water partition coefficient (Wildman–Crippen LogP) is 3.34. The van der Waals surface area contributed by atoms with E-state index in [9.17, 15) is 9.59 Å². The average Bonchev–Trinajstić information content (AvgIpc) is 3.37. The summed E-state index contributed by atoms with van der Waals surface area (Å²) in [5, 5.41) is 3.34. The van der Waals surface area contributed by atoms with Gasteiger partial charge in [-0.15, -0.1) is 0 Å². The molecule has 1 N–H and O–H groups in total. The largest absolute Gasteiger partial charge is 0.369 e. The van der Waals surface area contributed by atoms with Crippen LogP contribution in [-0.4, -0.2) is 54.9 Å². The van der Waals surface area contributed by atoms with Crippen LogP contribution in [0.25, 0.3) is 0 Å². The molecule has 0 radical (unpaired) electrons. The van der Waals surface area contributed by atoms with Gasteiger partial charge in [0.05, 0.1) is 6.04 Å². The number of nitrogens with zero attached hydrogens (tertiary/aromatic N) is 2. The summed E-state index contributed by atoms with van der Waals surface area (Å²) in [6.07, 6.45) is 5.46. The first kappa shape index (κ1) is 20.4. The Morgan fingerprint density at radius 1 is 1.00 bits per heavy atom. The molecular formula is C24H35N3O2. The molecule has 3 fully saturated rings. The molecule has 1 saturated heterocycles. The number of anilines is 1. The number of nitrogens with one attached hydrogen (secondary N) is 1. The van der Waals surface area contributed by atoms with E-state index in [2.05, 4.69) is 22.0 Å². The van der Waals surface area contributed by atoms with E-state index in [1.807, 2.05) is 31.2 Å². The Kier molecular flexibility index (Phi) is 5.95. The number of hydrogen-bond donors (Lipinski definition) is 1. The lowest BCUT2D eigenvalue weighted by molar-refractivity contribution is -0.127. The van der Waals surface area contributed by atoms with Crippen LogP contribution in [0.2, 0.25) is 0 Å². The van der Waals surface area contributed by atoms with E-state index >= 15 is 0 Å². The second kappa shape index (κ2) is 8.47. The maximum Gasteiger partial charge on any atom is 0.237 e. The molecule has 0 spiro atoms. The molecule has 1 aromatic rings. The lowest BCUT2D eigenvalue weighted by Gasteiger charge is -2.39. The van der Waals surface area contributed by atoms with Gasteiger partial charge in [-0.3, -0.25) is 14.5 Å². The summed E-state index contributed by atoms with van der Waals surface area (Å²) in [6, 6.07) is 8.06. The van der Waals surface area contributed by atoms with Gasteiger partial charge < -0.3 is 10.2 Å². The first-order chi connectivity index (χ1) is 13.9. The van der Waals surface area contributed by atoms with Gasteiger partial charge in [-0.25, -0.2) is 0 Å². The first-order valence-corrected chi connectivity index (χ1v) is 11.3. The molecule has 2 aliphatic carbocycles. The standard InChI is InChI=1S/C24H35N3O2/c1-16(23-15-19-4-5-21(23)14-19)25-24(29)17(2)26-10-12-27(13-11-26)22-8-6-20(7-9-22)18(3)28/h6-9,16-17,19,21,23H,4-5,10-15H2,1-3H3,(H,25,29)/t16-,17-,19+,21+,23+/m1/s1. The number of fused-ring (bicyclic) bond motifs is 2. The second-order valence-corrected chi connectivity index (χ2v) is 9.44. The van der Waals surface area contributed by atoms with Gasteiger partial charge >= 0.3 is 0 Å². The van der Waals surface area contributed by atoms with E-state index in [-0.39, 0.29) is 17.7 Å². The lowest BCUT2D eigenvalue weighted by atomic mass is 9.84. The summed E-state index contributed by atoms with van der Waals surface area (Å²) in [5.74, 6) is 2.71. The number of hydrogen-bond acceptors (Lipinski definition) is 4. The number of rotatable bonds is 6. The van der Waals surface area contributed by atoms with E-state index in [0.717, 1.165) is 49.3 Å². The number of carbonyl (C=O) groups is 2. The van der Waals surface area contributed by atoms with Gasteiger partial charge in [0, 0.05) is 43.5 Å². The van der Waals surface area contributed by atoms with Crippen LogP contribution in [-0.2, 0) is 4.79 Å². The van der Waals surface area contributed by atoms with E-state index in [4.69, 9.17) is 0 Å². The second-order valence-electron chi connectivity index (χ2n) is 9.44. The van der Waals surface area contributed by atoms with Crippen molar-refractivity contribution < 1.29 is 9.59 Å². The third-order valence-electron chi connectivity index (χ3n) is 7.69. The number of piperazine rings is 1. The zero-order valence-electron chi connectivity index (χ0n) is 18.1. The number of Topliss-reactive ketones (excluding diaryl/α,β-unsaturated/α-hetero) is 1. The Hall–Kier alpha value is -1.88. The summed E-state index contributed by atoms with van der Waals surface area (Å²) < 4.78 is 0. The zero-order chi connectivity index (χ0) is 20.5. The fraction of sp³-hybridized carbons (Fsp3) is 0.667. The van der Waals surface area contributed by atoms with Crippen LogP contribution < -0.4 is 10.2 Å². The van der Waals surface area contributed by atoms with Crippen molar-refractivity contribution in [2.45, 2.75) is 58.5 Å². The van der Waals surface area contributed by atoms with Gasteiger partial charge in [-0.05, 0) is 82.1 Å². The highest BCUT2D eigenvalue weighted by Gasteiger charge is 2.42. The van der Waals surface area contributed by atoms with Gasteiger partial charge in [0.15, 0.2) is 5.78 Å². The number of ketones is 1. The third-order valence-corrected chi connectivity index (χ3v) is 7.69. The van der Waals surface area contributed by atoms with Crippen LogP contribution in [0.15, 0.2) is 24.3 Å².